The van der Waals surface area contributed by atoms with Gasteiger partial charge in [-0.05, 0) is 45.0 Å². The lowest BCUT2D eigenvalue weighted by Crippen LogP contribution is -2.40. The summed E-state index contributed by atoms with van der Waals surface area (Å²) in [6.45, 7) is 4.66. The van der Waals surface area contributed by atoms with Gasteiger partial charge in [0, 0.05) is 11.9 Å². The van der Waals surface area contributed by atoms with Crippen LogP contribution in [0.25, 0.3) is 0 Å². The van der Waals surface area contributed by atoms with E-state index >= 15 is 0 Å². The number of carbonyl (C=O) groups excluding carboxylic acids is 1. The Balaban J connectivity index is 1.58. The van der Waals surface area contributed by atoms with Crippen LogP contribution in [0.15, 0.2) is 28.2 Å². The zero-order chi connectivity index (χ0) is 16.1. The van der Waals surface area contributed by atoms with Gasteiger partial charge >= 0.3 is 0 Å². The molecule has 1 unspecified atom stereocenters. The highest BCUT2D eigenvalue weighted by molar-refractivity contribution is 7.09. The Hall–Kier alpha value is -1.66. The molecule has 1 fully saturated rings. The molecule has 1 N–H and O–H groups in total. The number of nitrogens with one attached hydrogen (secondary N) is 1. The van der Waals surface area contributed by atoms with Crippen LogP contribution in [-0.4, -0.2) is 35.4 Å². The van der Waals surface area contributed by atoms with Crippen molar-refractivity contribution in [1.82, 2.24) is 15.2 Å². The SMILES string of the molecule is Cc1nc(CC(=O)NCC(c2ccco2)N2CCCCC2)cs1. The van der Waals surface area contributed by atoms with Crippen LogP contribution in [0.4, 0.5) is 0 Å². The first-order valence-electron chi connectivity index (χ1n) is 8.17. The molecule has 23 heavy (non-hydrogen) atoms. The van der Waals surface area contributed by atoms with E-state index in [0.717, 1.165) is 29.6 Å². The molecule has 2 aromatic heterocycles. The van der Waals surface area contributed by atoms with Gasteiger partial charge in [0.15, 0.2) is 0 Å². The monoisotopic (exact) mass is 333 g/mol. The van der Waals surface area contributed by atoms with Gasteiger partial charge in [-0.1, -0.05) is 6.42 Å². The molecule has 1 atom stereocenters. The van der Waals surface area contributed by atoms with E-state index in [2.05, 4.69) is 15.2 Å². The third-order valence-corrected chi connectivity index (χ3v) is 5.03. The number of aromatic nitrogens is 1. The van der Waals surface area contributed by atoms with Crippen LogP contribution in [0, 0.1) is 6.92 Å². The molecule has 1 amide bonds. The first kappa shape index (κ1) is 16.2. The molecule has 3 heterocycles. The maximum atomic E-state index is 12.2. The number of furan rings is 1. The second-order valence-corrected chi connectivity index (χ2v) is 7.03. The minimum absolute atomic E-state index is 0.0175. The zero-order valence-corrected chi connectivity index (χ0v) is 14.3. The van der Waals surface area contributed by atoms with E-state index in [1.807, 2.05) is 24.4 Å². The minimum atomic E-state index is 0.0175. The van der Waals surface area contributed by atoms with E-state index in [1.54, 1.807) is 17.6 Å². The molecule has 5 nitrogen and oxygen atoms in total. The number of carbonyl (C=O) groups is 1. The van der Waals surface area contributed by atoms with Crippen molar-refractivity contribution in [3.63, 3.8) is 0 Å². The minimum Gasteiger partial charge on any atom is -0.468 e. The Kier molecular flexibility index (Phi) is 5.46. The largest absolute Gasteiger partial charge is 0.468 e. The Bertz CT molecular complexity index is 618. The van der Waals surface area contributed by atoms with Gasteiger partial charge in [-0.3, -0.25) is 9.69 Å². The molecule has 0 bridgehead atoms. The van der Waals surface area contributed by atoms with Crippen LogP contribution in [0.5, 0.6) is 0 Å². The molecule has 1 aliphatic heterocycles. The average Bonchev–Trinajstić information content (AvgIpc) is 3.21. The number of thiazole rings is 1. The van der Waals surface area contributed by atoms with Crippen molar-refractivity contribution in [1.29, 1.82) is 0 Å². The molecule has 0 aromatic carbocycles. The number of nitrogens with zero attached hydrogens (tertiary/aromatic N) is 2. The quantitative estimate of drug-likeness (QED) is 0.883. The van der Waals surface area contributed by atoms with Gasteiger partial charge in [0.25, 0.3) is 0 Å². The Morgan fingerprint density at radius 3 is 2.91 bits per heavy atom. The second kappa shape index (κ2) is 7.75. The summed E-state index contributed by atoms with van der Waals surface area (Å²) in [5.74, 6) is 0.945. The predicted molar refractivity (Wildman–Crippen MR) is 90.4 cm³/mol. The van der Waals surface area contributed by atoms with Crippen LogP contribution in [0.3, 0.4) is 0 Å². The fourth-order valence-electron chi connectivity index (χ4n) is 3.05. The fourth-order valence-corrected chi connectivity index (χ4v) is 3.66. The summed E-state index contributed by atoms with van der Waals surface area (Å²) in [7, 11) is 0. The van der Waals surface area contributed by atoms with Gasteiger partial charge in [-0.2, -0.15) is 0 Å². The van der Waals surface area contributed by atoms with Crippen molar-refractivity contribution in [2.24, 2.45) is 0 Å². The van der Waals surface area contributed by atoms with Crippen molar-refractivity contribution in [3.05, 3.63) is 40.2 Å². The van der Waals surface area contributed by atoms with Gasteiger partial charge in [0.2, 0.25) is 5.91 Å². The average molecular weight is 333 g/mol. The van der Waals surface area contributed by atoms with Crippen molar-refractivity contribution in [3.8, 4) is 0 Å². The smallest absolute Gasteiger partial charge is 0.226 e. The van der Waals surface area contributed by atoms with Crippen molar-refractivity contribution >= 4 is 17.2 Å². The van der Waals surface area contributed by atoms with Crippen molar-refractivity contribution < 1.29 is 9.21 Å². The molecule has 2 aromatic rings. The molecule has 0 radical (unpaired) electrons. The van der Waals surface area contributed by atoms with E-state index in [1.165, 1.54) is 19.3 Å². The highest BCUT2D eigenvalue weighted by Gasteiger charge is 2.24. The number of likely N-dealkylation sites (tertiary alicyclic amines) is 1. The van der Waals surface area contributed by atoms with Gasteiger partial charge in [0.1, 0.15) is 5.76 Å². The lowest BCUT2D eigenvalue weighted by molar-refractivity contribution is -0.120. The lowest BCUT2D eigenvalue weighted by Gasteiger charge is -2.33. The van der Waals surface area contributed by atoms with Crippen LogP contribution >= 0.6 is 11.3 Å². The number of amides is 1. The standard InChI is InChI=1S/C17H23N3O2S/c1-13-19-14(12-23-13)10-17(21)18-11-15(16-6-5-9-22-16)20-7-3-2-4-8-20/h5-6,9,12,15H,2-4,7-8,10-11H2,1H3,(H,18,21). The van der Waals surface area contributed by atoms with Crippen molar-refractivity contribution in [2.45, 2.75) is 38.6 Å². The normalized spacial score (nSPS) is 17.1. The van der Waals surface area contributed by atoms with Gasteiger partial charge in [-0.15, -0.1) is 11.3 Å². The van der Waals surface area contributed by atoms with E-state index in [4.69, 9.17) is 4.42 Å². The Labute approximate surface area is 140 Å². The number of rotatable bonds is 6. The Morgan fingerprint density at radius 1 is 1.43 bits per heavy atom. The lowest BCUT2D eigenvalue weighted by atomic mass is 10.1. The van der Waals surface area contributed by atoms with Crippen LogP contribution in [0.2, 0.25) is 0 Å². The van der Waals surface area contributed by atoms with Crippen molar-refractivity contribution in [2.75, 3.05) is 19.6 Å². The Morgan fingerprint density at radius 2 is 2.26 bits per heavy atom. The molecular formula is C17H23N3O2S. The molecule has 1 aliphatic rings. The molecule has 1 saturated heterocycles. The summed E-state index contributed by atoms with van der Waals surface area (Å²) in [6, 6.07) is 4.02. The number of aryl methyl sites for hydroxylation is 1. The van der Waals surface area contributed by atoms with E-state index in [-0.39, 0.29) is 11.9 Å². The summed E-state index contributed by atoms with van der Waals surface area (Å²) >= 11 is 1.58. The summed E-state index contributed by atoms with van der Waals surface area (Å²) in [4.78, 5) is 18.9. The van der Waals surface area contributed by atoms with Crippen LogP contribution < -0.4 is 5.32 Å². The van der Waals surface area contributed by atoms with E-state index in [9.17, 15) is 4.79 Å². The molecule has 0 spiro atoms. The summed E-state index contributed by atoms with van der Waals surface area (Å²) in [5, 5.41) is 5.99. The van der Waals surface area contributed by atoms with Crippen LogP contribution in [-0.2, 0) is 11.2 Å². The first-order chi connectivity index (χ1) is 11.2. The van der Waals surface area contributed by atoms with E-state index in [0.29, 0.717) is 13.0 Å². The van der Waals surface area contributed by atoms with Gasteiger partial charge in [0.05, 0.1) is 29.4 Å². The first-order valence-corrected chi connectivity index (χ1v) is 9.05. The van der Waals surface area contributed by atoms with Crippen LogP contribution in [0.1, 0.15) is 41.8 Å². The van der Waals surface area contributed by atoms with E-state index < -0.39 is 0 Å². The third kappa shape index (κ3) is 4.42. The second-order valence-electron chi connectivity index (χ2n) is 5.97. The third-order valence-electron chi connectivity index (χ3n) is 4.20. The van der Waals surface area contributed by atoms with Gasteiger partial charge < -0.3 is 9.73 Å². The summed E-state index contributed by atoms with van der Waals surface area (Å²) in [5.41, 5.74) is 0.845. The number of hydrogen-bond donors (Lipinski definition) is 1. The highest BCUT2D eigenvalue weighted by Crippen LogP contribution is 2.24. The topological polar surface area (TPSA) is 58.4 Å². The number of piperidine rings is 1. The van der Waals surface area contributed by atoms with Gasteiger partial charge in [-0.25, -0.2) is 4.98 Å². The molecule has 0 saturated carbocycles. The molecule has 124 valence electrons. The highest BCUT2D eigenvalue weighted by atomic mass is 32.1. The molecule has 6 heteroatoms. The molecule has 3 rings (SSSR count). The predicted octanol–water partition coefficient (Wildman–Crippen LogP) is 2.93. The number of hydrogen-bond acceptors (Lipinski definition) is 5. The summed E-state index contributed by atoms with van der Waals surface area (Å²) < 4.78 is 5.60. The molecule has 0 aliphatic carbocycles. The summed E-state index contributed by atoms with van der Waals surface area (Å²) in [6.07, 6.45) is 5.75. The fraction of sp³-hybridized carbons (Fsp3) is 0.529. The maximum absolute atomic E-state index is 12.2. The zero-order valence-electron chi connectivity index (χ0n) is 13.5. The molecular weight excluding hydrogens is 310 g/mol. The maximum Gasteiger partial charge on any atom is 0.226 e.